The molecular weight excluding hydrogens is 412 g/mol. The Labute approximate surface area is 194 Å². The minimum atomic E-state index is 1.18. The first-order chi connectivity index (χ1) is 16.9. The zero-order valence-electron chi connectivity index (χ0n) is 18.3. The van der Waals surface area contributed by atoms with E-state index in [9.17, 15) is 0 Å². The molecular formula is C32H18N2. The number of para-hydroxylation sites is 3. The van der Waals surface area contributed by atoms with Crippen LogP contribution in [0.2, 0.25) is 0 Å². The van der Waals surface area contributed by atoms with Crippen molar-refractivity contribution in [2.75, 3.05) is 0 Å². The molecule has 156 valence electrons. The van der Waals surface area contributed by atoms with Gasteiger partial charge in [0.15, 0.2) is 0 Å². The molecule has 9 rings (SSSR count). The summed E-state index contributed by atoms with van der Waals surface area (Å²) >= 11 is 0. The summed E-state index contributed by atoms with van der Waals surface area (Å²) in [6.07, 6.45) is 0. The minimum Gasteiger partial charge on any atom is -0.353 e. The maximum atomic E-state index is 3.85. The molecule has 3 aromatic heterocycles. The van der Waals surface area contributed by atoms with Gasteiger partial charge in [-0.05, 0) is 28.3 Å². The summed E-state index contributed by atoms with van der Waals surface area (Å²) in [6.45, 7) is 0. The van der Waals surface area contributed by atoms with E-state index in [4.69, 9.17) is 0 Å². The van der Waals surface area contributed by atoms with Crippen LogP contribution in [-0.4, -0.2) is 9.38 Å². The highest BCUT2D eigenvalue weighted by Crippen LogP contribution is 2.47. The fourth-order valence-electron chi connectivity index (χ4n) is 6.53. The van der Waals surface area contributed by atoms with Crippen LogP contribution in [0.15, 0.2) is 103 Å². The average molecular weight is 431 g/mol. The summed E-state index contributed by atoms with van der Waals surface area (Å²) in [5.41, 5.74) is 6.27. The van der Waals surface area contributed by atoms with Crippen LogP contribution in [0.1, 0.15) is 0 Å². The molecule has 0 amide bonds. The predicted octanol–water partition coefficient (Wildman–Crippen LogP) is 8.78. The van der Waals surface area contributed by atoms with Crippen LogP contribution in [0.5, 0.6) is 0 Å². The molecule has 0 fully saturated rings. The van der Waals surface area contributed by atoms with Crippen LogP contribution in [-0.2, 0) is 0 Å². The van der Waals surface area contributed by atoms with Crippen molar-refractivity contribution in [3.8, 4) is 0 Å². The normalized spacial score (nSPS) is 12.7. The lowest BCUT2D eigenvalue weighted by atomic mass is 9.94. The Bertz CT molecular complexity index is 2280. The molecule has 3 heterocycles. The fourth-order valence-corrected chi connectivity index (χ4v) is 6.53. The zero-order valence-corrected chi connectivity index (χ0v) is 18.3. The third-order valence-electron chi connectivity index (χ3n) is 7.82. The van der Waals surface area contributed by atoms with Crippen molar-refractivity contribution in [1.82, 2.24) is 9.38 Å². The maximum Gasteiger partial charge on any atom is 0.0790 e. The van der Waals surface area contributed by atoms with Crippen LogP contribution in [0.25, 0.3) is 81.4 Å². The lowest BCUT2D eigenvalue weighted by Crippen LogP contribution is -1.86. The van der Waals surface area contributed by atoms with Crippen LogP contribution < -0.4 is 0 Å². The van der Waals surface area contributed by atoms with E-state index < -0.39 is 0 Å². The van der Waals surface area contributed by atoms with Crippen molar-refractivity contribution in [2.45, 2.75) is 0 Å². The Kier molecular flexibility index (Phi) is 2.83. The van der Waals surface area contributed by atoms with Gasteiger partial charge in [-0.1, -0.05) is 91.0 Å². The van der Waals surface area contributed by atoms with Crippen molar-refractivity contribution >= 4 is 81.4 Å². The number of aromatic nitrogens is 2. The van der Waals surface area contributed by atoms with Crippen molar-refractivity contribution in [2.24, 2.45) is 0 Å². The molecule has 0 aliphatic rings. The highest BCUT2D eigenvalue weighted by molar-refractivity contribution is 6.41. The standard InChI is InChI=1S/C32H18N2/c1-2-9-19-18(8-1)16-17-23-27(19)29-22-11-3-5-14-25(22)33-30(29)32-28(23)24-13-7-12-21-20-10-4-6-15-26(20)34(32)31(21)24/h1-17,33H. The summed E-state index contributed by atoms with van der Waals surface area (Å²) in [5.74, 6) is 0. The van der Waals surface area contributed by atoms with Gasteiger partial charge in [-0.25, -0.2) is 0 Å². The lowest BCUT2D eigenvalue weighted by molar-refractivity contribution is 1.37. The van der Waals surface area contributed by atoms with E-state index in [1.807, 2.05) is 0 Å². The molecule has 1 N–H and O–H groups in total. The Morgan fingerprint density at radius 1 is 0.441 bits per heavy atom. The molecule has 0 atom stereocenters. The smallest absolute Gasteiger partial charge is 0.0790 e. The molecule has 0 radical (unpaired) electrons. The van der Waals surface area contributed by atoms with Gasteiger partial charge < -0.3 is 9.38 Å². The van der Waals surface area contributed by atoms with Crippen LogP contribution >= 0.6 is 0 Å². The molecule has 34 heavy (non-hydrogen) atoms. The summed E-state index contributed by atoms with van der Waals surface area (Å²) in [6, 6.07) is 37.7. The van der Waals surface area contributed by atoms with E-state index in [-0.39, 0.29) is 0 Å². The SMILES string of the molecule is c1ccc2c(c1)ccc1c2c2c3ccccc3[nH]c2c2c1c1cccc3c4ccccc4n2c31. The summed E-state index contributed by atoms with van der Waals surface area (Å²) < 4.78 is 2.50. The molecule has 2 heteroatoms. The number of rotatable bonds is 0. The van der Waals surface area contributed by atoms with Crippen LogP contribution in [0, 0.1) is 0 Å². The summed E-state index contributed by atoms with van der Waals surface area (Å²) in [5, 5.41) is 13.2. The van der Waals surface area contributed by atoms with E-state index in [1.165, 1.54) is 81.4 Å². The number of H-pyrrole nitrogens is 1. The number of hydrogen-bond acceptors (Lipinski definition) is 0. The van der Waals surface area contributed by atoms with Gasteiger partial charge in [0.1, 0.15) is 0 Å². The van der Waals surface area contributed by atoms with E-state index in [0.29, 0.717) is 0 Å². The molecule has 0 saturated heterocycles. The van der Waals surface area contributed by atoms with Gasteiger partial charge in [-0.3, -0.25) is 0 Å². The summed E-state index contributed by atoms with van der Waals surface area (Å²) in [7, 11) is 0. The second-order valence-electron chi connectivity index (χ2n) is 9.41. The van der Waals surface area contributed by atoms with Gasteiger partial charge in [-0.15, -0.1) is 0 Å². The third kappa shape index (κ3) is 1.79. The molecule has 0 unspecified atom stereocenters. The first-order valence-electron chi connectivity index (χ1n) is 11.8. The van der Waals surface area contributed by atoms with Gasteiger partial charge in [-0.2, -0.15) is 0 Å². The van der Waals surface area contributed by atoms with E-state index in [2.05, 4.69) is 113 Å². The first-order valence-corrected chi connectivity index (χ1v) is 11.8. The summed E-state index contributed by atoms with van der Waals surface area (Å²) in [4.78, 5) is 3.85. The number of aromatic amines is 1. The average Bonchev–Trinajstić information content (AvgIpc) is 3.55. The van der Waals surface area contributed by atoms with Crippen molar-refractivity contribution in [3.63, 3.8) is 0 Å². The molecule has 0 spiro atoms. The van der Waals surface area contributed by atoms with E-state index in [1.54, 1.807) is 0 Å². The number of nitrogens with one attached hydrogen (secondary N) is 1. The Morgan fingerprint density at radius 2 is 1.18 bits per heavy atom. The van der Waals surface area contributed by atoms with Crippen LogP contribution in [0.3, 0.4) is 0 Å². The number of fused-ring (bicyclic) bond motifs is 15. The highest BCUT2D eigenvalue weighted by Gasteiger charge is 2.23. The van der Waals surface area contributed by atoms with Crippen molar-refractivity contribution in [3.05, 3.63) is 103 Å². The molecule has 0 bridgehead atoms. The largest absolute Gasteiger partial charge is 0.353 e. The number of benzene rings is 6. The number of hydrogen-bond donors (Lipinski definition) is 1. The topological polar surface area (TPSA) is 20.2 Å². The minimum absolute atomic E-state index is 1.18. The predicted molar refractivity (Wildman–Crippen MR) is 145 cm³/mol. The molecule has 6 aromatic carbocycles. The molecule has 9 aromatic rings. The van der Waals surface area contributed by atoms with E-state index >= 15 is 0 Å². The second kappa shape index (κ2) is 5.67. The lowest BCUT2D eigenvalue weighted by Gasteiger charge is -2.10. The van der Waals surface area contributed by atoms with Crippen molar-refractivity contribution < 1.29 is 0 Å². The molecule has 0 aliphatic heterocycles. The van der Waals surface area contributed by atoms with Gasteiger partial charge in [0.25, 0.3) is 0 Å². The molecule has 0 saturated carbocycles. The number of nitrogens with zero attached hydrogens (tertiary/aromatic N) is 1. The van der Waals surface area contributed by atoms with Crippen molar-refractivity contribution in [1.29, 1.82) is 0 Å². The Balaban J connectivity index is 1.76. The quantitative estimate of drug-likeness (QED) is 0.232. The van der Waals surface area contributed by atoms with Gasteiger partial charge in [0.05, 0.1) is 22.1 Å². The van der Waals surface area contributed by atoms with Gasteiger partial charge in [0, 0.05) is 43.2 Å². The third-order valence-corrected chi connectivity index (χ3v) is 7.82. The highest BCUT2D eigenvalue weighted by atomic mass is 14.9. The Hall–Kier alpha value is -4.56. The molecule has 2 nitrogen and oxygen atoms in total. The maximum absolute atomic E-state index is 3.85. The van der Waals surface area contributed by atoms with E-state index in [0.717, 1.165) is 0 Å². The second-order valence-corrected chi connectivity index (χ2v) is 9.41. The van der Waals surface area contributed by atoms with Gasteiger partial charge >= 0.3 is 0 Å². The zero-order chi connectivity index (χ0) is 22.0. The first kappa shape index (κ1) is 17.0. The molecule has 0 aliphatic carbocycles. The monoisotopic (exact) mass is 430 g/mol. The van der Waals surface area contributed by atoms with Gasteiger partial charge in [0.2, 0.25) is 0 Å². The fraction of sp³-hybridized carbons (Fsp3) is 0. The van der Waals surface area contributed by atoms with Crippen LogP contribution in [0.4, 0.5) is 0 Å². The Morgan fingerprint density at radius 3 is 2.12 bits per heavy atom.